The standard InChI is InChI=1S/C19H22N4O4S2/c1-4-13-6-8-14(9-7-13)21-17(24)11-20-29(25,26)16-10-15(28-12(16)3)19-22-18(5-2)27-23-19/h6-10,20H,4-5,11H2,1-3H3,(H,21,24). The second kappa shape index (κ2) is 8.85. The molecule has 2 aromatic heterocycles. The maximum absolute atomic E-state index is 12.7. The van der Waals surface area contributed by atoms with Crippen molar-refractivity contribution >= 4 is 33.0 Å². The Morgan fingerprint density at radius 3 is 2.52 bits per heavy atom. The molecule has 0 unspecified atom stereocenters. The predicted molar refractivity (Wildman–Crippen MR) is 111 cm³/mol. The Morgan fingerprint density at radius 2 is 1.90 bits per heavy atom. The molecule has 1 aromatic carbocycles. The highest BCUT2D eigenvalue weighted by Gasteiger charge is 2.23. The van der Waals surface area contributed by atoms with Crippen molar-refractivity contribution < 1.29 is 17.7 Å². The second-order valence-corrected chi connectivity index (χ2v) is 9.31. The quantitative estimate of drug-likeness (QED) is 0.563. The Balaban J connectivity index is 1.66. The largest absolute Gasteiger partial charge is 0.339 e. The van der Waals surface area contributed by atoms with E-state index in [2.05, 4.69) is 20.2 Å². The van der Waals surface area contributed by atoms with E-state index in [1.165, 1.54) is 17.4 Å². The molecule has 0 aliphatic carbocycles. The summed E-state index contributed by atoms with van der Waals surface area (Å²) in [5.41, 5.74) is 1.77. The van der Waals surface area contributed by atoms with Crippen molar-refractivity contribution in [3.63, 3.8) is 0 Å². The van der Waals surface area contributed by atoms with Gasteiger partial charge in [-0.15, -0.1) is 11.3 Å². The van der Waals surface area contributed by atoms with Gasteiger partial charge in [-0.05, 0) is 37.1 Å². The molecular formula is C19H22N4O4S2. The lowest BCUT2D eigenvalue weighted by Crippen LogP contribution is -2.33. The number of nitrogens with one attached hydrogen (secondary N) is 2. The molecule has 0 aliphatic heterocycles. The summed E-state index contributed by atoms with van der Waals surface area (Å²) in [6, 6.07) is 8.90. The molecule has 10 heteroatoms. The number of aromatic nitrogens is 2. The third-order valence-electron chi connectivity index (χ3n) is 4.22. The first-order valence-electron chi connectivity index (χ1n) is 9.14. The van der Waals surface area contributed by atoms with Gasteiger partial charge in [0.25, 0.3) is 0 Å². The SMILES string of the molecule is CCc1ccc(NC(=O)CNS(=O)(=O)c2cc(-c3noc(CC)n3)sc2C)cc1. The molecule has 3 aromatic rings. The molecule has 2 N–H and O–H groups in total. The third kappa shape index (κ3) is 5.08. The smallest absolute Gasteiger partial charge is 0.242 e. The maximum Gasteiger partial charge on any atom is 0.242 e. The van der Waals surface area contributed by atoms with Gasteiger partial charge in [0.1, 0.15) is 0 Å². The number of benzene rings is 1. The van der Waals surface area contributed by atoms with Gasteiger partial charge in [-0.25, -0.2) is 13.1 Å². The zero-order valence-corrected chi connectivity index (χ0v) is 18.0. The maximum atomic E-state index is 12.7. The monoisotopic (exact) mass is 434 g/mol. The number of sulfonamides is 1. The summed E-state index contributed by atoms with van der Waals surface area (Å²) in [6.07, 6.45) is 1.50. The Bertz CT molecular complexity index is 1100. The average molecular weight is 435 g/mol. The van der Waals surface area contributed by atoms with Crippen LogP contribution in [0.15, 0.2) is 39.8 Å². The predicted octanol–water partition coefficient (Wildman–Crippen LogP) is 3.15. The van der Waals surface area contributed by atoms with E-state index in [1.807, 2.05) is 26.0 Å². The van der Waals surface area contributed by atoms with Gasteiger partial charge >= 0.3 is 0 Å². The number of aryl methyl sites for hydroxylation is 3. The Labute approximate surface area is 173 Å². The molecule has 154 valence electrons. The Morgan fingerprint density at radius 1 is 1.17 bits per heavy atom. The summed E-state index contributed by atoms with van der Waals surface area (Å²) in [7, 11) is -3.86. The van der Waals surface area contributed by atoms with Crippen LogP contribution in [0.2, 0.25) is 0 Å². The minimum absolute atomic E-state index is 0.0976. The molecule has 0 radical (unpaired) electrons. The van der Waals surface area contributed by atoms with Crippen molar-refractivity contribution in [2.75, 3.05) is 11.9 Å². The van der Waals surface area contributed by atoms with Crippen LogP contribution in [0.5, 0.6) is 0 Å². The highest BCUT2D eigenvalue weighted by Crippen LogP contribution is 2.32. The van der Waals surface area contributed by atoms with Gasteiger partial charge in [0.05, 0.1) is 16.3 Å². The molecule has 2 heterocycles. The lowest BCUT2D eigenvalue weighted by Gasteiger charge is -2.08. The molecule has 29 heavy (non-hydrogen) atoms. The molecule has 0 bridgehead atoms. The number of rotatable bonds is 8. The fourth-order valence-corrected chi connectivity index (χ4v) is 5.11. The molecule has 3 rings (SSSR count). The van der Waals surface area contributed by atoms with Crippen LogP contribution in [-0.4, -0.2) is 31.0 Å². The molecule has 0 saturated carbocycles. The van der Waals surface area contributed by atoms with E-state index >= 15 is 0 Å². The molecule has 0 spiro atoms. The van der Waals surface area contributed by atoms with Gasteiger partial charge in [0, 0.05) is 17.0 Å². The van der Waals surface area contributed by atoms with E-state index in [-0.39, 0.29) is 11.4 Å². The van der Waals surface area contributed by atoms with Gasteiger partial charge in [-0.3, -0.25) is 4.79 Å². The average Bonchev–Trinajstić information content (AvgIpc) is 3.34. The molecule has 1 amide bonds. The molecule has 0 fully saturated rings. The van der Waals surface area contributed by atoms with Crippen LogP contribution in [-0.2, 0) is 27.7 Å². The summed E-state index contributed by atoms with van der Waals surface area (Å²) in [4.78, 5) is 17.6. The topological polar surface area (TPSA) is 114 Å². The van der Waals surface area contributed by atoms with Gasteiger partial charge in [0.2, 0.25) is 27.6 Å². The Kier molecular flexibility index (Phi) is 6.46. The highest BCUT2D eigenvalue weighted by molar-refractivity contribution is 7.89. The zero-order chi connectivity index (χ0) is 21.0. The van der Waals surface area contributed by atoms with Crippen LogP contribution in [0.1, 0.15) is 30.2 Å². The summed E-state index contributed by atoms with van der Waals surface area (Å²) >= 11 is 1.25. The van der Waals surface area contributed by atoms with Crippen LogP contribution in [0.3, 0.4) is 0 Å². The number of thiophene rings is 1. The van der Waals surface area contributed by atoms with E-state index < -0.39 is 15.9 Å². The zero-order valence-electron chi connectivity index (χ0n) is 16.4. The number of amides is 1. The molecule has 8 nitrogen and oxygen atoms in total. The van der Waals surface area contributed by atoms with Crippen LogP contribution in [0.25, 0.3) is 10.7 Å². The lowest BCUT2D eigenvalue weighted by atomic mass is 10.1. The number of hydrogen-bond donors (Lipinski definition) is 2. The van der Waals surface area contributed by atoms with Crippen molar-refractivity contribution in [2.45, 2.75) is 38.5 Å². The minimum Gasteiger partial charge on any atom is -0.339 e. The van der Waals surface area contributed by atoms with Crippen LogP contribution in [0, 0.1) is 6.92 Å². The van der Waals surface area contributed by atoms with E-state index in [1.54, 1.807) is 19.1 Å². The van der Waals surface area contributed by atoms with Gasteiger partial charge in [-0.2, -0.15) is 4.98 Å². The minimum atomic E-state index is -3.86. The van der Waals surface area contributed by atoms with Crippen molar-refractivity contribution in [3.8, 4) is 10.7 Å². The van der Waals surface area contributed by atoms with Crippen molar-refractivity contribution in [1.82, 2.24) is 14.9 Å². The van der Waals surface area contributed by atoms with Crippen LogP contribution in [0.4, 0.5) is 5.69 Å². The van der Waals surface area contributed by atoms with Crippen molar-refractivity contribution in [2.24, 2.45) is 0 Å². The number of carbonyl (C=O) groups excluding carboxylic acids is 1. The fourth-order valence-electron chi connectivity index (χ4n) is 2.61. The van der Waals surface area contributed by atoms with E-state index in [9.17, 15) is 13.2 Å². The highest BCUT2D eigenvalue weighted by atomic mass is 32.2. The van der Waals surface area contributed by atoms with E-state index in [0.29, 0.717) is 33.6 Å². The van der Waals surface area contributed by atoms with Crippen LogP contribution >= 0.6 is 11.3 Å². The first-order valence-corrected chi connectivity index (χ1v) is 11.4. The first kappa shape index (κ1) is 21.2. The Hall–Kier alpha value is -2.56. The van der Waals surface area contributed by atoms with Gasteiger partial charge in [0.15, 0.2) is 0 Å². The lowest BCUT2D eigenvalue weighted by molar-refractivity contribution is -0.115. The summed E-state index contributed by atoms with van der Waals surface area (Å²) in [5.74, 6) is 0.388. The normalized spacial score (nSPS) is 11.6. The number of hydrogen-bond acceptors (Lipinski definition) is 7. The molecule has 0 aliphatic rings. The third-order valence-corrected chi connectivity index (χ3v) is 6.92. The van der Waals surface area contributed by atoms with E-state index in [0.717, 1.165) is 12.0 Å². The number of nitrogens with zero attached hydrogens (tertiary/aromatic N) is 2. The first-order chi connectivity index (χ1) is 13.8. The van der Waals surface area contributed by atoms with Crippen LogP contribution < -0.4 is 10.0 Å². The van der Waals surface area contributed by atoms with E-state index in [4.69, 9.17) is 4.52 Å². The fraction of sp³-hybridized carbons (Fsp3) is 0.316. The summed E-state index contributed by atoms with van der Waals surface area (Å²) in [5, 5.41) is 6.55. The van der Waals surface area contributed by atoms with Gasteiger partial charge in [-0.1, -0.05) is 31.1 Å². The van der Waals surface area contributed by atoms with Crippen molar-refractivity contribution in [3.05, 3.63) is 46.7 Å². The number of carbonyl (C=O) groups is 1. The van der Waals surface area contributed by atoms with Gasteiger partial charge < -0.3 is 9.84 Å². The molecule has 0 atom stereocenters. The van der Waals surface area contributed by atoms with Crippen molar-refractivity contribution in [1.29, 1.82) is 0 Å². The molecule has 0 saturated heterocycles. The number of anilines is 1. The molecular weight excluding hydrogens is 412 g/mol. The summed E-state index contributed by atoms with van der Waals surface area (Å²) < 4.78 is 32.7. The summed E-state index contributed by atoms with van der Waals surface area (Å²) in [6.45, 7) is 5.26. The second-order valence-electron chi connectivity index (χ2n) is 6.32.